The summed E-state index contributed by atoms with van der Waals surface area (Å²) < 4.78 is 27.7. The van der Waals surface area contributed by atoms with Crippen LogP contribution in [0.1, 0.15) is 28.7 Å². The third kappa shape index (κ3) is 3.69. The lowest BCUT2D eigenvalue weighted by Gasteiger charge is -2.40. The molecule has 2 heterocycles. The second-order valence-electron chi connectivity index (χ2n) is 9.34. The molecule has 0 spiro atoms. The Labute approximate surface area is 217 Å². The Morgan fingerprint density at radius 1 is 1.00 bits per heavy atom. The number of nitrogens with one attached hydrogen (secondary N) is 1. The molecule has 4 atom stereocenters. The first kappa shape index (κ1) is 23.7. The van der Waals surface area contributed by atoms with Crippen LogP contribution in [-0.2, 0) is 9.53 Å². The number of nitro groups is 1. The van der Waals surface area contributed by atoms with E-state index in [-0.39, 0.29) is 48.2 Å². The minimum Gasteiger partial charge on any atom is -0.502 e. The molecule has 1 aliphatic carbocycles. The lowest BCUT2D eigenvalue weighted by molar-refractivity contribution is -0.384. The molecule has 196 valence electrons. The first-order chi connectivity index (χ1) is 18.4. The number of nitro benzene ring substituents is 1. The summed E-state index contributed by atoms with van der Waals surface area (Å²) in [5, 5.41) is 25.3. The number of carbonyl (C=O) groups is 1. The summed E-state index contributed by atoms with van der Waals surface area (Å²) >= 11 is 0. The number of carbonyl (C=O) groups excluding carboxylic acids is 1. The van der Waals surface area contributed by atoms with Crippen LogP contribution >= 0.6 is 0 Å². The SMILES string of the molecule is COc1cc([C@@H]2c3cc4c(cc3[C@@H](Nc3cccc([N+](=O)[O-])c3)[C@H]3COC(=O)[C@H]23)OCO4)cc(OC)c1O. The van der Waals surface area contributed by atoms with Crippen LogP contribution in [0, 0.1) is 22.0 Å². The summed E-state index contributed by atoms with van der Waals surface area (Å²) in [7, 11) is 2.88. The highest BCUT2D eigenvalue weighted by Gasteiger charge is 2.52. The Balaban J connectivity index is 1.54. The quantitative estimate of drug-likeness (QED) is 0.277. The third-order valence-corrected chi connectivity index (χ3v) is 7.43. The molecule has 0 aromatic heterocycles. The van der Waals surface area contributed by atoms with Crippen LogP contribution in [0.15, 0.2) is 48.5 Å². The van der Waals surface area contributed by atoms with Crippen molar-refractivity contribution in [2.45, 2.75) is 12.0 Å². The van der Waals surface area contributed by atoms with Gasteiger partial charge in [0.2, 0.25) is 12.5 Å². The molecule has 0 bridgehead atoms. The van der Waals surface area contributed by atoms with Gasteiger partial charge >= 0.3 is 5.97 Å². The van der Waals surface area contributed by atoms with Gasteiger partial charge in [0.15, 0.2) is 23.0 Å². The van der Waals surface area contributed by atoms with Crippen LogP contribution < -0.4 is 24.3 Å². The molecule has 11 heteroatoms. The number of phenolic OH excluding ortho intramolecular Hbond substituents is 1. The molecular weight excluding hydrogens is 496 g/mol. The molecule has 0 radical (unpaired) electrons. The van der Waals surface area contributed by atoms with Crippen LogP contribution in [0.4, 0.5) is 11.4 Å². The van der Waals surface area contributed by atoms with Crippen LogP contribution in [-0.4, -0.2) is 43.6 Å². The Morgan fingerprint density at radius 3 is 2.34 bits per heavy atom. The van der Waals surface area contributed by atoms with Gasteiger partial charge in [0.1, 0.15) is 0 Å². The number of anilines is 1. The Hall–Kier alpha value is -4.67. The lowest BCUT2D eigenvalue weighted by Crippen LogP contribution is -2.37. The molecule has 0 unspecified atom stereocenters. The second kappa shape index (κ2) is 9.02. The maximum absolute atomic E-state index is 13.2. The standard InChI is InChI=1S/C27H24N2O9/c1-34-21-6-13(7-22(35-2)26(21)30)23-16-9-19-20(38-12-37-19)10-17(16)25(18-11-36-27(31)24(18)23)28-14-4-3-5-15(8-14)29(32)33/h3-10,18,23-25,28,30H,11-12H2,1-2H3/t18-,23+,24-,25+/m0/s1. The molecule has 3 aliphatic rings. The van der Waals surface area contributed by atoms with E-state index in [4.69, 9.17) is 23.7 Å². The highest BCUT2D eigenvalue weighted by Crippen LogP contribution is 2.56. The first-order valence-electron chi connectivity index (χ1n) is 12.0. The molecule has 11 nitrogen and oxygen atoms in total. The monoisotopic (exact) mass is 520 g/mol. The van der Waals surface area contributed by atoms with Gasteiger partial charge in [-0.05, 0) is 47.0 Å². The lowest BCUT2D eigenvalue weighted by atomic mass is 9.65. The molecule has 6 rings (SSSR count). The summed E-state index contributed by atoms with van der Waals surface area (Å²) in [6.07, 6.45) is 0. The molecule has 1 saturated heterocycles. The van der Waals surface area contributed by atoms with Crippen molar-refractivity contribution in [2.24, 2.45) is 11.8 Å². The average molecular weight is 520 g/mol. The van der Waals surface area contributed by atoms with E-state index in [0.29, 0.717) is 22.7 Å². The van der Waals surface area contributed by atoms with E-state index in [1.54, 1.807) is 24.3 Å². The van der Waals surface area contributed by atoms with Gasteiger partial charge in [-0.3, -0.25) is 14.9 Å². The fourth-order valence-electron chi connectivity index (χ4n) is 5.73. The van der Waals surface area contributed by atoms with Crippen LogP contribution in [0.25, 0.3) is 0 Å². The third-order valence-electron chi connectivity index (χ3n) is 7.43. The van der Waals surface area contributed by atoms with Crippen molar-refractivity contribution in [1.29, 1.82) is 0 Å². The number of aromatic hydroxyl groups is 1. The van der Waals surface area contributed by atoms with Crippen molar-refractivity contribution >= 4 is 17.3 Å². The zero-order chi connectivity index (χ0) is 26.6. The van der Waals surface area contributed by atoms with E-state index in [1.807, 2.05) is 12.1 Å². The number of fused-ring (bicyclic) bond motifs is 3. The molecule has 0 saturated carbocycles. The predicted molar refractivity (Wildman–Crippen MR) is 133 cm³/mol. The normalized spacial score (nSPS) is 22.7. The van der Waals surface area contributed by atoms with Crippen LogP contribution in [0.5, 0.6) is 28.7 Å². The number of rotatable bonds is 6. The summed E-state index contributed by atoms with van der Waals surface area (Å²) in [5.74, 6) is -0.364. The maximum Gasteiger partial charge on any atom is 0.310 e. The van der Waals surface area contributed by atoms with Crippen molar-refractivity contribution in [3.63, 3.8) is 0 Å². The highest BCUT2D eigenvalue weighted by molar-refractivity contribution is 5.79. The van der Waals surface area contributed by atoms with Crippen molar-refractivity contribution in [3.8, 4) is 28.7 Å². The fourth-order valence-corrected chi connectivity index (χ4v) is 5.73. The molecule has 3 aromatic carbocycles. The summed E-state index contributed by atoms with van der Waals surface area (Å²) in [6.45, 7) is 0.231. The Bertz CT molecular complexity index is 1430. The van der Waals surface area contributed by atoms with E-state index in [1.165, 1.54) is 26.4 Å². The van der Waals surface area contributed by atoms with Gasteiger partial charge in [0, 0.05) is 29.7 Å². The summed E-state index contributed by atoms with van der Waals surface area (Å²) in [6, 6.07) is 12.9. The number of benzene rings is 3. The van der Waals surface area contributed by atoms with Crippen molar-refractivity contribution in [3.05, 3.63) is 75.3 Å². The van der Waals surface area contributed by atoms with Crippen molar-refractivity contribution < 1.29 is 38.5 Å². The number of methoxy groups -OCH3 is 2. The number of hydrogen-bond donors (Lipinski definition) is 2. The predicted octanol–water partition coefficient (Wildman–Crippen LogP) is 4.13. The number of cyclic esters (lactones) is 1. The van der Waals surface area contributed by atoms with Crippen LogP contribution in [0.3, 0.4) is 0 Å². The number of non-ortho nitro benzene ring substituents is 1. The number of ether oxygens (including phenoxy) is 5. The minimum atomic E-state index is -0.599. The van der Waals surface area contributed by atoms with E-state index in [9.17, 15) is 20.0 Å². The van der Waals surface area contributed by atoms with Gasteiger partial charge in [-0.1, -0.05) is 6.07 Å². The number of nitrogens with zero attached hydrogens (tertiary/aromatic N) is 1. The van der Waals surface area contributed by atoms with Gasteiger partial charge in [-0.2, -0.15) is 0 Å². The maximum atomic E-state index is 13.2. The van der Waals surface area contributed by atoms with Gasteiger partial charge in [0.25, 0.3) is 5.69 Å². The molecule has 3 aromatic rings. The molecular formula is C27H24N2O9. The van der Waals surface area contributed by atoms with Gasteiger partial charge < -0.3 is 34.1 Å². The van der Waals surface area contributed by atoms with Gasteiger partial charge in [0.05, 0.1) is 37.7 Å². The van der Waals surface area contributed by atoms with Crippen LogP contribution in [0.2, 0.25) is 0 Å². The highest BCUT2D eigenvalue weighted by atomic mass is 16.7. The largest absolute Gasteiger partial charge is 0.502 e. The van der Waals surface area contributed by atoms with E-state index in [0.717, 1.165) is 11.1 Å². The Kier molecular flexibility index (Phi) is 5.63. The number of esters is 1. The zero-order valence-corrected chi connectivity index (χ0v) is 20.5. The van der Waals surface area contributed by atoms with Gasteiger partial charge in [-0.15, -0.1) is 0 Å². The fraction of sp³-hybridized carbons (Fsp3) is 0.296. The Morgan fingerprint density at radius 2 is 1.68 bits per heavy atom. The number of phenols is 1. The topological polar surface area (TPSA) is 139 Å². The minimum absolute atomic E-state index is 0.0480. The van der Waals surface area contributed by atoms with E-state index in [2.05, 4.69) is 5.32 Å². The molecule has 2 N–H and O–H groups in total. The number of hydrogen-bond acceptors (Lipinski definition) is 10. The van der Waals surface area contributed by atoms with Crippen molar-refractivity contribution in [2.75, 3.05) is 32.9 Å². The first-order valence-corrected chi connectivity index (χ1v) is 12.0. The molecule has 0 amide bonds. The molecule has 38 heavy (non-hydrogen) atoms. The van der Waals surface area contributed by atoms with E-state index >= 15 is 0 Å². The average Bonchev–Trinajstić information content (AvgIpc) is 3.54. The summed E-state index contributed by atoms with van der Waals surface area (Å²) in [5.41, 5.74) is 2.83. The smallest absolute Gasteiger partial charge is 0.310 e. The second-order valence-corrected chi connectivity index (χ2v) is 9.34. The molecule has 2 aliphatic heterocycles. The molecule has 1 fully saturated rings. The van der Waals surface area contributed by atoms with Crippen molar-refractivity contribution in [1.82, 2.24) is 0 Å². The summed E-state index contributed by atoms with van der Waals surface area (Å²) in [4.78, 5) is 24.2. The van der Waals surface area contributed by atoms with E-state index < -0.39 is 22.8 Å². The zero-order valence-electron chi connectivity index (χ0n) is 20.5. The van der Waals surface area contributed by atoms with Gasteiger partial charge in [-0.25, -0.2) is 0 Å².